The Kier molecular flexibility index (Phi) is 3.71. The van der Waals surface area contributed by atoms with Gasteiger partial charge < -0.3 is 9.47 Å². The van der Waals surface area contributed by atoms with Gasteiger partial charge in [0.15, 0.2) is 10.0 Å². The Morgan fingerprint density at radius 3 is 2.71 bits per heavy atom. The first kappa shape index (κ1) is 11.3. The van der Waals surface area contributed by atoms with Gasteiger partial charge >= 0.3 is 5.97 Å². The van der Waals surface area contributed by atoms with Gasteiger partial charge in [-0.2, -0.15) is 4.98 Å². The van der Waals surface area contributed by atoms with Crippen molar-refractivity contribution in [3.8, 4) is 5.19 Å². The average molecular weight is 236 g/mol. The third-order valence-corrected chi connectivity index (χ3v) is 2.59. The van der Waals surface area contributed by atoms with E-state index in [1.54, 1.807) is 0 Å². The average Bonchev–Trinajstić information content (AvgIpc) is 2.44. The Balaban J connectivity index is 2.87. The highest BCUT2D eigenvalue weighted by Crippen LogP contribution is 2.29. The van der Waals surface area contributed by atoms with Gasteiger partial charge in [0.2, 0.25) is 0 Å². The molecule has 0 spiro atoms. The summed E-state index contributed by atoms with van der Waals surface area (Å²) in [5.41, 5.74) is 0. The molecule has 0 saturated carbocycles. The van der Waals surface area contributed by atoms with Gasteiger partial charge in [-0.3, -0.25) is 0 Å². The van der Waals surface area contributed by atoms with Gasteiger partial charge in [0.05, 0.1) is 13.2 Å². The first-order chi connectivity index (χ1) is 6.54. The van der Waals surface area contributed by atoms with E-state index in [0.29, 0.717) is 5.19 Å². The quantitative estimate of drug-likeness (QED) is 0.755. The summed E-state index contributed by atoms with van der Waals surface area (Å²) in [7, 11) is 1.29. The molecule has 0 N–H and O–H groups in total. The summed E-state index contributed by atoms with van der Waals surface area (Å²) in [5, 5.41) is 0.503. The number of hydrogen-bond acceptors (Lipinski definition) is 5. The minimum absolute atomic E-state index is 0.00251. The van der Waals surface area contributed by atoms with E-state index >= 15 is 0 Å². The van der Waals surface area contributed by atoms with Crippen LogP contribution >= 0.6 is 22.9 Å². The highest BCUT2D eigenvalue weighted by Gasteiger charge is 2.18. The van der Waals surface area contributed by atoms with Crippen LogP contribution in [0, 0.1) is 0 Å². The summed E-state index contributed by atoms with van der Waals surface area (Å²) in [5.74, 6) is -0.494. The van der Waals surface area contributed by atoms with Crippen LogP contribution in [-0.2, 0) is 4.74 Å². The van der Waals surface area contributed by atoms with Crippen LogP contribution < -0.4 is 4.74 Å². The monoisotopic (exact) mass is 235 g/mol. The number of esters is 1. The normalized spacial score (nSPS) is 10.4. The number of aromatic nitrogens is 1. The van der Waals surface area contributed by atoms with E-state index in [2.05, 4.69) is 9.72 Å². The van der Waals surface area contributed by atoms with Crippen LogP contribution in [0.15, 0.2) is 0 Å². The van der Waals surface area contributed by atoms with Crippen molar-refractivity contribution in [2.75, 3.05) is 7.11 Å². The molecule has 1 aromatic heterocycles. The Morgan fingerprint density at radius 2 is 2.21 bits per heavy atom. The molecule has 0 aliphatic rings. The number of halogens is 1. The molecule has 1 heterocycles. The summed E-state index contributed by atoms with van der Waals surface area (Å²) in [6.07, 6.45) is 0.00251. The van der Waals surface area contributed by atoms with Crippen LogP contribution in [0.4, 0.5) is 0 Å². The predicted octanol–water partition coefficient (Wildman–Crippen LogP) is 2.37. The Bertz CT molecular complexity index is 337. The largest absolute Gasteiger partial charge is 0.467 e. The van der Waals surface area contributed by atoms with Gasteiger partial charge in [0.25, 0.3) is 5.19 Å². The summed E-state index contributed by atoms with van der Waals surface area (Å²) in [6, 6.07) is 0. The lowest BCUT2D eigenvalue weighted by Crippen LogP contribution is -2.04. The molecule has 4 nitrogen and oxygen atoms in total. The van der Waals surface area contributed by atoms with Crippen molar-refractivity contribution in [3.63, 3.8) is 0 Å². The second kappa shape index (κ2) is 4.61. The Labute approximate surface area is 90.8 Å². The second-order valence-corrected chi connectivity index (χ2v) is 4.08. The summed E-state index contributed by atoms with van der Waals surface area (Å²) < 4.78 is 9.81. The molecule has 0 radical (unpaired) electrons. The number of thiazole rings is 1. The number of carbonyl (C=O) groups is 1. The smallest absolute Gasteiger partial charge is 0.351 e. The van der Waals surface area contributed by atoms with Crippen LogP contribution in [0.2, 0.25) is 5.15 Å². The highest BCUT2D eigenvalue weighted by atomic mass is 35.5. The van der Waals surface area contributed by atoms with E-state index in [-0.39, 0.29) is 16.1 Å². The van der Waals surface area contributed by atoms with E-state index in [9.17, 15) is 4.79 Å². The van der Waals surface area contributed by atoms with E-state index in [0.717, 1.165) is 11.3 Å². The van der Waals surface area contributed by atoms with Crippen LogP contribution in [0.25, 0.3) is 0 Å². The fourth-order valence-electron chi connectivity index (χ4n) is 0.754. The van der Waals surface area contributed by atoms with Gasteiger partial charge in [-0.1, -0.05) is 22.9 Å². The lowest BCUT2D eigenvalue weighted by Gasteiger charge is -2.03. The minimum Gasteiger partial charge on any atom is -0.467 e. The maximum atomic E-state index is 11.1. The molecule has 0 atom stereocenters. The molecule has 0 saturated heterocycles. The van der Waals surface area contributed by atoms with Crippen molar-refractivity contribution in [3.05, 3.63) is 10.0 Å². The maximum absolute atomic E-state index is 11.1. The van der Waals surface area contributed by atoms with Crippen molar-refractivity contribution < 1.29 is 14.3 Å². The molecule has 1 aromatic rings. The number of hydrogen-bond donors (Lipinski definition) is 0. The van der Waals surface area contributed by atoms with Crippen molar-refractivity contribution in [2.24, 2.45) is 0 Å². The lowest BCUT2D eigenvalue weighted by atomic mass is 10.5. The molecule has 0 amide bonds. The zero-order valence-electron chi connectivity index (χ0n) is 8.04. The first-order valence-corrected chi connectivity index (χ1v) is 5.15. The van der Waals surface area contributed by atoms with E-state index in [1.165, 1.54) is 7.11 Å². The summed E-state index contributed by atoms with van der Waals surface area (Å²) in [6.45, 7) is 3.74. The Hall–Kier alpha value is -0.810. The van der Waals surface area contributed by atoms with Crippen LogP contribution in [0.5, 0.6) is 5.19 Å². The van der Waals surface area contributed by atoms with Crippen molar-refractivity contribution in [1.29, 1.82) is 0 Å². The molecule has 0 aromatic carbocycles. The van der Waals surface area contributed by atoms with Gasteiger partial charge in [0, 0.05) is 0 Å². The molecule has 14 heavy (non-hydrogen) atoms. The van der Waals surface area contributed by atoms with Crippen LogP contribution in [0.3, 0.4) is 0 Å². The predicted molar refractivity (Wildman–Crippen MR) is 54.2 cm³/mol. The fraction of sp³-hybridized carbons (Fsp3) is 0.500. The lowest BCUT2D eigenvalue weighted by molar-refractivity contribution is 0.0606. The van der Waals surface area contributed by atoms with Crippen molar-refractivity contribution in [2.45, 2.75) is 20.0 Å². The third-order valence-electron chi connectivity index (χ3n) is 1.27. The number of carbonyl (C=O) groups excluding carboxylic acids is 1. The maximum Gasteiger partial charge on any atom is 0.351 e. The zero-order chi connectivity index (χ0) is 10.7. The molecule has 0 aliphatic heterocycles. The van der Waals surface area contributed by atoms with Gasteiger partial charge in [0.1, 0.15) is 0 Å². The summed E-state index contributed by atoms with van der Waals surface area (Å²) >= 11 is 6.80. The number of methoxy groups -OCH3 is 1. The SMILES string of the molecule is COC(=O)c1sc(OC(C)C)nc1Cl. The number of rotatable bonds is 3. The molecule has 78 valence electrons. The van der Waals surface area contributed by atoms with Crippen molar-refractivity contribution >= 4 is 28.9 Å². The minimum atomic E-state index is -0.494. The molecule has 0 fully saturated rings. The van der Waals surface area contributed by atoms with E-state index in [4.69, 9.17) is 16.3 Å². The molecule has 0 unspecified atom stereocenters. The van der Waals surface area contributed by atoms with Gasteiger partial charge in [-0.05, 0) is 13.8 Å². The first-order valence-electron chi connectivity index (χ1n) is 3.96. The molecule has 0 bridgehead atoms. The van der Waals surface area contributed by atoms with E-state index < -0.39 is 5.97 Å². The van der Waals surface area contributed by atoms with Gasteiger partial charge in [-0.15, -0.1) is 0 Å². The van der Waals surface area contributed by atoms with Crippen molar-refractivity contribution in [1.82, 2.24) is 4.98 Å². The van der Waals surface area contributed by atoms with E-state index in [1.807, 2.05) is 13.8 Å². The number of nitrogens with zero attached hydrogens (tertiary/aromatic N) is 1. The standard InChI is InChI=1S/C8H10ClNO3S/c1-4(2)13-8-10-6(9)5(14-8)7(11)12-3/h4H,1-3H3. The molecule has 6 heteroatoms. The third kappa shape index (κ3) is 2.59. The zero-order valence-corrected chi connectivity index (χ0v) is 9.61. The van der Waals surface area contributed by atoms with Gasteiger partial charge in [-0.25, -0.2) is 4.79 Å². The fourth-order valence-corrected chi connectivity index (χ4v) is 1.92. The molecule has 1 rings (SSSR count). The second-order valence-electron chi connectivity index (χ2n) is 2.76. The Morgan fingerprint density at radius 1 is 1.57 bits per heavy atom. The highest BCUT2D eigenvalue weighted by molar-refractivity contribution is 7.15. The van der Waals surface area contributed by atoms with Crippen LogP contribution in [0.1, 0.15) is 23.5 Å². The summed E-state index contributed by atoms with van der Waals surface area (Å²) in [4.78, 5) is 15.3. The molecular formula is C8H10ClNO3S. The topological polar surface area (TPSA) is 48.4 Å². The van der Waals surface area contributed by atoms with Crippen LogP contribution in [-0.4, -0.2) is 24.2 Å². The molecule has 0 aliphatic carbocycles. The number of ether oxygens (including phenoxy) is 2. The molecular weight excluding hydrogens is 226 g/mol.